The number of urea groups is 1. The number of hydrogen-bond acceptors (Lipinski definition) is 4. The van der Waals surface area contributed by atoms with E-state index >= 15 is 0 Å². The summed E-state index contributed by atoms with van der Waals surface area (Å²) in [6, 6.07) is 7.20. The van der Waals surface area contributed by atoms with Crippen LogP contribution in [0.15, 0.2) is 24.3 Å². The van der Waals surface area contributed by atoms with Gasteiger partial charge >= 0.3 is 6.03 Å². The lowest BCUT2D eigenvalue weighted by molar-refractivity contribution is -0.137. The predicted molar refractivity (Wildman–Crippen MR) is 81.4 cm³/mol. The van der Waals surface area contributed by atoms with Gasteiger partial charge in [0.15, 0.2) is 0 Å². The average Bonchev–Trinajstić information content (AvgIpc) is 2.57. The van der Waals surface area contributed by atoms with Crippen molar-refractivity contribution in [2.45, 2.75) is 13.0 Å². The van der Waals surface area contributed by atoms with Gasteiger partial charge in [-0.05, 0) is 36.6 Å². The number of rotatable bonds is 3. The van der Waals surface area contributed by atoms with Gasteiger partial charge in [-0.15, -0.1) is 0 Å². The van der Waals surface area contributed by atoms with Crippen molar-refractivity contribution in [2.75, 3.05) is 26.7 Å². The first-order valence-electron chi connectivity index (χ1n) is 7.60. The van der Waals surface area contributed by atoms with Crippen molar-refractivity contribution in [1.82, 2.24) is 15.5 Å². The fourth-order valence-electron chi connectivity index (χ4n) is 3.13. The van der Waals surface area contributed by atoms with Crippen LogP contribution in [-0.4, -0.2) is 43.6 Å². The van der Waals surface area contributed by atoms with Gasteiger partial charge in [0.25, 0.3) is 0 Å². The third kappa shape index (κ3) is 3.06. The van der Waals surface area contributed by atoms with Crippen molar-refractivity contribution in [3.8, 4) is 5.75 Å². The standard InChI is InChI=1S/C16H21N3O3/c1-22-14-4-2-11(3-5-14)8-18-16(21)19-10-12-6-13(15(19)20)9-17-7-12/h2-5,12-13,17H,6-10H2,1H3,(H,18,21)/t12-,13+/m0/s1. The Balaban J connectivity index is 1.58. The van der Waals surface area contributed by atoms with E-state index in [1.165, 1.54) is 4.90 Å². The zero-order valence-corrected chi connectivity index (χ0v) is 12.7. The van der Waals surface area contributed by atoms with Gasteiger partial charge in [0, 0.05) is 19.6 Å². The van der Waals surface area contributed by atoms with Crippen LogP contribution in [-0.2, 0) is 11.3 Å². The van der Waals surface area contributed by atoms with E-state index in [0.717, 1.165) is 24.3 Å². The molecule has 0 aliphatic carbocycles. The molecule has 0 spiro atoms. The molecule has 6 heteroatoms. The number of piperidine rings is 2. The highest BCUT2D eigenvalue weighted by Gasteiger charge is 2.39. The number of imide groups is 1. The average molecular weight is 303 g/mol. The first kappa shape index (κ1) is 14.8. The molecule has 1 aromatic rings. The van der Waals surface area contributed by atoms with Gasteiger partial charge in [0.05, 0.1) is 13.0 Å². The van der Waals surface area contributed by atoms with Crippen molar-refractivity contribution in [1.29, 1.82) is 0 Å². The number of benzene rings is 1. The second-order valence-corrected chi connectivity index (χ2v) is 5.91. The van der Waals surface area contributed by atoms with E-state index < -0.39 is 0 Å². The molecule has 0 radical (unpaired) electrons. The summed E-state index contributed by atoms with van der Waals surface area (Å²) in [4.78, 5) is 25.9. The van der Waals surface area contributed by atoms with Crippen LogP contribution in [0.3, 0.4) is 0 Å². The number of hydrogen-bond donors (Lipinski definition) is 2. The summed E-state index contributed by atoms with van der Waals surface area (Å²) < 4.78 is 5.10. The highest BCUT2D eigenvalue weighted by molar-refractivity contribution is 5.96. The lowest BCUT2D eigenvalue weighted by atomic mass is 9.85. The van der Waals surface area contributed by atoms with Crippen molar-refractivity contribution >= 4 is 11.9 Å². The molecule has 3 amide bonds. The van der Waals surface area contributed by atoms with Gasteiger partial charge < -0.3 is 15.4 Å². The first-order chi connectivity index (χ1) is 10.7. The van der Waals surface area contributed by atoms with E-state index in [-0.39, 0.29) is 17.9 Å². The molecule has 3 rings (SSSR count). The van der Waals surface area contributed by atoms with Gasteiger partial charge in [-0.2, -0.15) is 0 Å². The van der Waals surface area contributed by atoms with E-state index in [9.17, 15) is 9.59 Å². The number of carbonyl (C=O) groups is 2. The highest BCUT2D eigenvalue weighted by atomic mass is 16.5. The molecule has 2 N–H and O–H groups in total. The largest absolute Gasteiger partial charge is 0.497 e. The second kappa shape index (κ2) is 6.36. The molecular formula is C16H21N3O3. The maximum atomic E-state index is 12.3. The zero-order chi connectivity index (χ0) is 15.5. The molecule has 1 aromatic carbocycles. The molecule has 6 nitrogen and oxygen atoms in total. The molecule has 2 aliphatic heterocycles. The van der Waals surface area contributed by atoms with Crippen LogP contribution in [0.25, 0.3) is 0 Å². The van der Waals surface area contributed by atoms with Crippen LogP contribution in [0.5, 0.6) is 5.75 Å². The maximum Gasteiger partial charge on any atom is 0.324 e. The third-order valence-electron chi connectivity index (χ3n) is 4.35. The SMILES string of the molecule is COc1ccc(CNC(=O)N2C[C@@H]3CNC[C@@H](C3)C2=O)cc1. The Morgan fingerprint density at radius 1 is 1.36 bits per heavy atom. The van der Waals surface area contributed by atoms with Gasteiger partial charge in [-0.25, -0.2) is 4.79 Å². The van der Waals surface area contributed by atoms with Gasteiger partial charge in [-0.3, -0.25) is 9.69 Å². The topological polar surface area (TPSA) is 70.7 Å². The van der Waals surface area contributed by atoms with E-state index in [4.69, 9.17) is 4.74 Å². The summed E-state index contributed by atoms with van der Waals surface area (Å²) in [5.74, 6) is 1.04. The van der Waals surface area contributed by atoms with Crippen molar-refractivity contribution < 1.29 is 14.3 Å². The van der Waals surface area contributed by atoms with Crippen LogP contribution >= 0.6 is 0 Å². The molecular weight excluding hydrogens is 282 g/mol. The van der Waals surface area contributed by atoms with Gasteiger partial charge in [0.1, 0.15) is 5.75 Å². The molecule has 0 unspecified atom stereocenters. The third-order valence-corrected chi connectivity index (χ3v) is 4.35. The number of amides is 3. The van der Waals surface area contributed by atoms with Crippen molar-refractivity contribution in [3.63, 3.8) is 0 Å². The minimum Gasteiger partial charge on any atom is -0.497 e. The highest BCUT2D eigenvalue weighted by Crippen LogP contribution is 2.25. The molecule has 2 fully saturated rings. The second-order valence-electron chi connectivity index (χ2n) is 5.91. The smallest absolute Gasteiger partial charge is 0.324 e. The number of ether oxygens (including phenoxy) is 1. The number of likely N-dealkylation sites (tertiary alicyclic amines) is 1. The summed E-state index contributed by atoms with van der Waals surface area (Å²) >= 11 is 0. The van der Waals surface area contributed by atoms with Crippen LogP contribution in [0.1, 0.15) is 12.0 Å². The Kier molecular flexibility index (Phi) is 4.29. The molecule has 2 aliphatic rings. The Labute approximate surface area is 129 Å². The summed E-state index contributed by atoms with van der Waals surface area (Å²) in [7, 11) is 1.62. The number of nitrogens with one attached hydrogen (secondary N) is 2. The predicted octanol–water partition coefficient (Wildman–Crippen LogP) is 0.973. The van der Waals surface area contributed by atoms with Crippen molar-refractivity contribution in [3.05, 3.63) is 29.8 Å². The van der Waals surface area contributed by atoms with E-state index in [1.807, 2.05) is 24.3 Å². The van der Waals surface area contributed by atoms with Crippen LogP contribution in [0.2, 0.25) is 0 Å². The first-order valence-corrected chi connectivity index (χ1v) is 7.60. The maximum absolute atomic E-state index is 12.3. The zero-order valence-electron chi connectivity index (χ0n) is 12.7. The summed E-state index contributed by atoms with van der Waals surface area (Å²) in [6.07, 6.45) is 0.897. The lowest BCUT2D eigenvalue weighted by Crippen LogP contribution is -2.58. The fraction of sp³-hybridized carbons (Fsp3) is 0.500. The summed E-state index contributed by atoms with van der Waals surface area (Å²) in [5, 5.41) is 6.09. The minimum atomic E-state index is -0.294. The number of nitrogens with zero attached hydrogens (tertiary/aromatic N) is 1. The number of fused-ring (bicyclic) bond motifs is 2. The van der Waals surface area contributed by atoms with E-state index in [0.29, 0.717) is 25.6 Å². The molecule has 2 saturated heterocycles. The molecule has 2 atom stereocenters. The van der Waals surface area contributed by atoms with Crippen LogP contribution in [0.4, 0.5) is 4.79 Å². The van der Waals surface area contributed by atoms with E-state index in [1.54, 1.807) is 7.11 Å². The Bertz CT molecular complexity index is 558. The Morgan fingerprint density at radius 2 is 2.14 bits per heavy atom. The van der Waals surface area contributed by atoms with Gasteiger partial charge in [-0.1, -0.05) is 12.1 Å². The molecule has 0 saturated carbocycles. The van der Waals surface area contributed by atoms with Crippen LogP contribution < -0.4 is 15.4 Å². The molecule has 22 heavy (non-hydrogen) atoms. The number of carbonyl (C=O) groups excluding carboxylic acids is 2. The quantitative estimate of drug-likeness (QED) is 0.873. The van der Waals surface area contributed by atoms with Crippen LogP contribution in [0, 0.1) is 11.8 Å². The Morgan fingerprint density at radius 3 is 2.86 bits per heavy atom. The molecule has 2 heterocycles. The van der Waals surface area contributed by atoms with E-state index in [2.05, 4.69) is 10.6 Å². The summed E-state index contributed by atoms with van der Waals surface area (Å²) in [5.41, 5.74) is 0.973. The molecule has 0 aromatic heterocycles. The normalized spacial score (nSPS) is 24.0. The lowest BCUT2D eigenvalue weighted by Gasteiger charge is -2.39. The molecule has 118 valence electrons. The molecule has 2 bridgehead atoms. The van der Waals surface area contributed by atoms with Gasteiger partial charge in [0.2, 0.25) is 5.91 Å². The summed E-state index contributed by atoms with van der Waals surface area (Å²) in [6.45, 7) is 2.47. The number of methoxy groups -OCH3 is 1. The Hall–Kier alpha value is -2.08. The fourth-order valence-corrected chi connectivity index (χ4v) is 3.13. The monoisotopic (exact) mass is 303 g/mol. The minimum absolute atomic E-state index is 0.0563. The van der Waals surface area contributed by atoms with Crippen molar-refractivity contribution in [2.24, 2.45) is 11.8 Å².